The van der Waals surface area contributed by atoms with E-state index < -0.39 is 0 Å². The Kier molecular flexibility index (Phi) is 7.41. The minimum Gasteiger partial charge on any atom is -0.327 e. The van der Waals surface area contributed by atoms with Crippen molar-refractivity contribution in [1.82, 2.24) is 4.90 Å². The number of piperidine rings is 1. The quantitative estimate of drug-likeness (QED) is 0.896. The molecule has 1 saturated heterocycles. The van der Waals surface area contributed by atoms with E-state index in [2.05, 4.69) is 35.2 Å². The second-order valence-electron chi connectivity index (χ2n) is 6.69. The van der Waals surface area contributed by atoms with Crippen LogP contribution in [0.3, 0.4) is 0 Å². The minimum absolute atomic E-state index is 0.454. The van der Waals surface area contributed by atoms with Crippen LogP contribution in [0.1, 0.15) is 63.9 Å². The molecule has 22 heavy (non-hydrogen) atoms. The molecule has 0 aromatic heterocycles. The summed E-state index contributed by atoms with van der Waals surface area (Å²) in [6.45, 7) is 7.74. The van der Waals surface area contributed by atoms with Gasteiger partial charge in [0.2, 0.25) is 0 Å². The van der Waals surface area contributed by atoms with Crippen LogP contribution in [-0.2, 0) is 0 Å². The molecule has 1 aliphatic heterocycles. The van der Waals surface area contributed by atoms with Crippen molar-refractivity contribution in [2.45, 2.75) is 64.3 Å². The number of hydrogen-bond acceptors (Lipinski definition) is 2. The molecule has 2 nitrogen and oxygen atoms in total. The number of nitrogens with two attached hydrogens (primary N) is 1. The van der Waals surface area contributed by atoms with Crippen molar-refractivity contribution in [3.8, 4) is 0 Å². The zero-order chi connectivity index (χ0) is 15.8. The van der Waals surface area contributed by atoms with Crippen molar-refractivity contribution in [3.05, 3.63) is 35.9 Å². The third-order valence-corrected chi connectivity index (χ3v) is 5.32. The summed E-state index contributed by atoms with van der Waals surface area (Å²) < 4.78 is 0. The van der Waals surface area contributed by atoms with Gasteiger partial charge in [0.05, 0.1) is 0 Å². The topological polar surface area (TPSA) is 29.3 Å². The van der Waals surface area contributed by atoms with E-state index in [1.807, 2.05) is 13.8 Å². The Balaban J connectivity index is 0.000000847. The number of rotatable bonds is 3. The molecule has 1 unspecified atom stereocenters. The van der Waals surface area contributed by atoms with Gasteiger partial charge in [-0.2, -0.15) is 0 Å². The van der Waals surface area contributed by atoms with Gasteiger partial charge in [-0.15, -0.1) is 0 Å². The Morgan fingerprint density at radius 1 is 0.955 bits per heavy atom. The molecule has 1 aromatic rings. The Hall–Kier alpha value is -0.860. The molecule has 0 radical (unpaired) electrons. The number of nitrogens with zero attached hydrogens (tertiary/aromatic N) is 1. The number of likely N-dealkylation sites (tertiary alicyclic amines) is 1. The Morgan fingerprint density at radius 3 is 2.23 bits per heavy atom. The van der Waals surface area contributed by atoms with E-state index in [0.29, 0.717) is 6.04 Å². The van der Waals surface area contributed by atoms with Crippen LogP contribution < -0.4 is 5.73 Å². The van der Waals surface area contributed by atoms with Crippen molar-refractivity contribution >= 4 is 0 Å². The summed E-state index contributed by atoms with van der Waals surface area (Å²) in [5.74, 6) is 1.52. The van der Waals surface area contributed by atoms with Crippen LogP contribution >= 0.6 is 0 Å². The first kappa shape index (κ1) is 17.5. The highest BCUT2D eigenvalue weighted by molar-refractivity contribution is 5.20. The maximum absolute atomic E-state index is 6.29. The van der Waals surface area contributed by atoms with E-state index in [4.69, 9.17) is 5.73 Å². The van der Waals surface area contributed by atoms with Crippen molar-refractivity contribution in [3.63, 3.8) is 0 Å². The van der Waals surface area contributed by atoms with Crippen LogP contribution in [0.25, 0.3) is 0 Å². The maximum Gasteiger partial charge on any atom is 0.00793 e. The summed E-state index contributed by atoms with van der Waals surface area (Å²) in [7, 11) is 0. The Morgan fingerprint density at radius 2 is 1.59 bits per heavy atom. The van der Waals surface area contributed by atoms with Crippen molar-refractivity contribution in [1.29, 1.82) is 0 Å². The van der Waals surface area contributed by atoms with E-state index >= 15 is 0 Å². The standard InChI is InChI=1S/C18H28N2.C2H6/c19-18-9-5-4-8-17(18)14-20-12-10-16(11-13-20)15-6-2-1-3-7-15;1-2/h1-3,6-7,16-18H,4-5,8-14,19H2;1-2H3/t17-,18?;/m0./s1. The lowest BCUT2D eigenvalue weighted by atomic mass is 9.83. The summed E-state index contributed by atoms with van der Waals surface area (Å²) in [5.41, 5.74) is 7.82. The molecule has 2 atom stereocenters. The van der Waals surface area contributed by atoms with Crippen molar-refractivity contribution in [2.75, 3.05) is 19.6 Å². The van der Waals surface area contributed by atoms with Crippen LogP contribution in [0.15, 0.2) is 30.3 Å². The molecule has 0 spiro atoms. The third-order valence-electron chi connectivity index (χ3n) is 5.32. The fourth-order valence-electron chi connectivity index (χ4n) is 3.97. The van der Waals surface area contributed by atoms with Gasteiger partial charge in [-0.25, -0.2) is 0 Å². The summed E-state index contributed by atoms with van der Waals surface area (Å²) in [5, 5.41) is 0. The lowest BCUT2D eigenvalue weighted by molar-refractivity contribution is 0.152. The van der Waals surface area contributed by atoms with Crippen LogP contribution in [0, 0.1) is 5.92 Å². The molecular weight excluding hydrogens is 268 g/mol. The fraction of sp³-hybridized carbons (Fsp3) is 0.700. The average Bonchev–Trinajstić information content (AvgIpc) is 2.60. The predicted octanol–water partition coefficient (Wildman–Crippen LogP) is 4.41. The molecule has 1 aliphatic carbocycles. The monoisotopic (exact) mass is 302 g/mol. The SMILES string of the molecule is CC.NC1CCCC[C@H]1CN1CCC(c2ccccc2)CC1. The third kappa shape index (κ3) is 4.82. The number of hydrogen-bond donors (Lipinski definition) is 1. The summed E-state index contributed by atoms with van der Waals surface area (Å²) in [4.78, 5) is 2.66. The van der Waals surface area contributed by atoms with Gasteiger partial charge >= 0.3 is 0 Å². The lowest BCUT2D eigenvalue weighted by Crippen LogP contribution is -2.43. The molecule has 2 aliphatic rings. The minimum atomic E-state index is 0.454. The molecule has 2 N–H and O–H groups in total. The van der Waals surface area contributed by atoms with Gasteiger partial charge in [0, 0.05) is 12.6 Å². The van der Waals surface area contributed by atoms with E-state index in [9.17, 15) is 0 Å². The first-order valence-corrected chi connectivity index (χ1v) is 9.36. The van der Waals surface area contributed by atoms with E-state index in [1.54, 1.807) is 0 Å². The van der Waals surface area contributed by atoms with Crippen LogP contribution in [0.4, 0.5) is 0 Å². The van der Waals surface area contributed by atoms with Crippen LogP contribution in [-0.4, -0.2) is 30.6 Å². The van der Waals surface area contributed by atoms with E-state index in [0.717, 1.165) is 11.8 Å². The summed E-state index contributed by atoms with van der Waals surface area (Å²) in [6, 6.07) is 11.5. The van der Waals surface area contributed by atoms with E-state index in [-0.39, 0.29) is 0 Å². The van der Waals surface area contributed by atoms with Gasteiger partial charge in [-0.3, -0.25) is 0 Å². The van der Waals surface area contributed by atoms with Crippen molar-refractivity contribution in [2.24, 2.45) is 11.7 Å². The summed E-state index contributed by atoms with van der Waals surface area (Å²) >= 11 is 0. The Labute approximate surface area is 137 Å². The van der Waals surface area contributed by atoms with Gasteiger partial charge in [0.15, 0.2) is 0 Å². The van der Waals surface area contributed by atoms with Gasteiger partial charge < -0.3 is 10.6 Å². The Bertz CT molecular complexity index is 395. The largest absolute Gasteiger partial charge is 0.327 e. The highest BCUT2D eigenvalue weighted by atomic mass is 15.1. The molecule has 1 aromatic carbocycles. The van der Waals surface area contributed by atoms with Gasteiger partial charge in [-0.05, 0) is 56.2 Å². The molecule has 3 rings (SSSR count). The number of benzene rings is 1. The molecule has 2 fully saturated rings. The van der Waals surface area contributed by atoms with Gasteiger partial charge in [-0.1, -0.05) is 57.0 Å². The summed E-state index contributed by atoms with van der Waals surface area (Å²) in [6.07, 6.45) is 7.94. The molecule has 2 heteroatoms. The van der Waals surface area contributed by atoms with Crippen LogP contribution in [0.2, 0.25) is 0 Å². The van der Waals surface area contributed by atoms with Gasteiger partial charge in [0.25, 0.3) is 0 Å². The first-order chi connectivity index (χ1) is 10.8. The smallest absolute Gasteiger partial charge is 0.00793 e. The zero-order valence-electron chi connectivity index (χ0n) is 14.5. The average molecular weight is 303 g/mol. The van der Waals surface area contributed by atoms with Crippen LogP contribution in [0.5, 0.6) is 0 Å². The highest BCUT2D eigenvalue weighted by Gasteiger charge is 2.26. The fourth-order valence-corrected chi connectivity index (χ4v) is 3.97. The second kappa shape index (κ2) is 9.32. The molecular formula is C20H34N2. The molecule has 0 bridgehead atoms. The maximum atomic E-state index is 6.29. The predicted molar refractivity (Wildman–Crippen MR) is 96.1 cm³/mol. The highest BCUT2D eigenvalue weighted by Crippen LogP contribution is 2.30. The van der Waals surface area contributed by atoms with Crippen molar-refractivity contribution < 1.29 is 0 Å². The molecule has 1 saturated carbocycles. The lowest BCUT2D eigenvalue weighted by Gasteiger charge is -2.37. The molecule has 1 heterocycles. The van der Waals surface area contributed by atoms with E-state index in [1.165, 1.54) is 63.7 Å². The van der Waals surface area contributed by atoms with Gasteiger partial charge in [0.1, 0.15) is 0 Å². The first-order valence-electron chi connectivity index (χ1n) is 9.36. The molecule has 124 valence electrons. The second-order valence-corrected chi connectivity index (χ2v) is 6.69. The molecule has 0 amide bonds. The normalized spacial score (nSPS) is 27.0. The zero-order valence-corrected chi connectivity index (χ0v) is 14.5.